The van der Waals surface area contributed by atoms with Crippen LogP contribution in [0.4, 0.5) is 0 Å². The van der Waals surface area contributed by atoms with Crippen molar-refractivity contribution in [3.63, 3.8) is 0 Å². The molecule has 1 aromatic heterocycles. The third-order valence-corrected chi connectivity index (χ3v) is 4.57. The fraction of sp³-hybridized carbons (Fsp3) is 0.526. The lowest BCUT2D eigenvalue weighted by Crippen LogP contribution is -2.25. The zero-order valence-electron chi connectivity index (χ0n) is 14.4. The Balaban J connectivity index is 1.53. The van der Waals surface area contributed by atoms with Gasteiger partial charge < -0.3 is 4.52 Å². The molecule has 0 amide bonds. The molecule has 1 aliphatic heterocycles. The van der Waals surface area contributed by atoms with E-state index in [0.29, 0.717) is 6.42 Å². The van der Waals surface area contributed by atoms with Crippen LogP contribution in [0.5, 0.6) is 0 Å². The van der Waals surface area contributed by atoms with Crippen LogP contribution >= 0.6 is 0 Å². The largest absolute Gasteiger partial charge is 0.338 e. The Kier molecular flexibility index (Phi) is 5.41. The van der Waals surface area contributed by atoms with Gasteiger partial charge in [0.05, 0.1) is 6.04 Å². The molecule has 24 heavy (non-hydrogen) atoms. The summed E-state index contributed by atoms with van der Waals surface area (Å²) < 4.78 is 5.47. The van der Waals surface area contributed by atoms with Gasteiger partial charge in [0.2, 0.25) is 5.89 Å². The number of likely N-dealkylation sites (tertiary alicyclic amines) is 1. The lowest BCUT2D eigenvalue weighted by Gasteiger charge is -2.21. The van der Waals surface area contributed by atoms with Gasteiger partial charge in [0.1, 0.15) is 0 Å². The molecule has 0 spiro atoms. The predicted octanol–water partition coefficient (Wildman–Crippen LogP) is 3.99. The molecule has 0 bridgehead atoms. The first-order valence-corrected chi connectivity index (χ1v) is 8.81. The maximum absolute atomic E-state index is 12.2. The highest BCUT2D eigenvalue weighted by molar-refractivity contribution is 5.95. The topological polar surface area (TPSA) is 59.2 Å². The standard InChI is InChI=1S/C19H25N3O2/c1-14(2)18-20-19(24-21-18)16-10-6-12-22(16)13-7-11-17(23)15-8-4-3-5-9-15/h3-5,8-9,14,16H,6-7,10-13H2,1-2H3/t16-/m0/s1. The number of carbonyl (C=O) groups is 1. The Morgan fingerprint density at radius 3 is 2.83 bits per heavy atom. The van der Waals surface area contributed by atoms with Crippen LogP contribution in [0.25, 0.3) is 0 Å². The average molecular weight is 327 g/mol. The number of hydrogen-bond acceptors (Lipinski definition) is 5. The molecule has 3 rings (SSSR count). The average Bonchev–Trinajstić information content (AvgIpc) is 3.24. The van der Waals surface area contributed by atoms with Crippen LogP contribution < -0.4 is 0 Å². The van der Waals surface area contributed by atoms with Gasteiger partial charge in [0.25, 0.3) is 0 Å². The summed E-state index contributed by atoms with van der Waals surface area (Å²) in [5, 5.41) is 4.08. The minimum Gasteiger partial charge on any atom is -0.338 e. The first kappa shape index (κ1) is 16.8. The molecule has 1 atom stereocenters. The molecule has 2 heterocycles. The van der Waals surface area contributed by atoms with Crippen molar-refractivity contribution in [1.29, 1.82) is 0 Å². The molecule has 5 nitrogen and oxygen atoms in total. The summed E-state index contributed by atoms with van der Waals surface area (Å²) >= 11 is 0. The maximum Gasteiger partial charge on any atom is 0.244 e. The summed E-state index contributed by atoms with van der Waals surface area (Å²) in [6.45, 7) is 6.05. The summed E-state index contributed by atoms with van der Waals surface area (Å²) in [6.07, 6.45) is 3.62. The predicted molar refractivity (Wildman–Crippen MR) is 91.9 cm³/mol. The van der Waals surface area contributed by atoms with Crippen molar-refractivity contribution in [2.75, 3.05) is 13.1 Å². The van der Waals surface area contributed by atoms with Crippen molar-refractivity contribution in [2.24, 2.45) is 0 Å². The van der Waals surface area contributed by atoms with Gasteiger partial charge >= 0.3 is 0 Å². The molecular weight excluding hydrogens is 302 g/mol. The van der Waals surface area contributed by atoms with Gasteiger partial charge in [0.15, 0.2) is 11.6 Å². The van der Waals surface area contributed by atoms with Gasteiger partial charge in [-0.1, -0.05) is 49.3 Å². The van der Waals surface area contributed by atoms with E-state index in [1.165, 1.54) is 0 Å². The van der Waals surface area contributed by atoms with Crippen LogP contribution in [0.1, 0.15) is 73.6 Å². The second-order valence-electron chi connectivity index (χ2n) is 6.73. The van der Waals surface area contributed by atoms with Crippen LogP contribution in [0, 0.1) is 0 Å². The van der Waals surface area contributed by atoms with E-state index in [9.17, 15) is 4.79 Å². The third-order valence-electron chi connectivity index (χ3n) is 4.57. The first-order chi connectivity index (χ1) is 11.6. The maximum atomic E-state index is 12.2. The van der Waals surface area contributed by atoms with Gasteiger partial charge in [0, 0.05) is 17.9 Å². The Hall–Kier alpha value is -2.01. The normalized spacial score (nSPS) is 18.4. The van der Waals surface area contributed by atoms with E-state index >= 15 is 0 Å². The summed E-state index contributed by atoms with van der Waals surface area (Å²) in [7, 11) is 0. The van der Waals surface area contributed by atoms with E-state index in [2.05, 4.69) is 28.9 Å². The number of Topliss-reactive ketones (excluding diaryl/α,β-unsaturated/α-hetero) is 1. The fourth-order valence-electron chi connectivity index (χ4n) is 3.20. The Morgan fingerprint density at radius 2 is 2.12 bits per heavy atom. The van der Waals surface area contributed by atoms with Gasteiger partial charge in [-0.15, -0.1) is 0 Å². The number of carbonyl (C=O) groups excluding carboxylic acids is 1. The molecule has 0 N–H and O–H groups in total. The first-order valence-electron chi connectivity index (χ1n) is 8.81. The van der Waals surface area contributed by atoms with E-state index in [1.807, 2.05) is 30.3 Å². The molecule has 1 aliphatic rings. The third kappa shape index (κ3) is 3.90. The highest BCUT2D eigenvalue weighted by Crippen LogP contribution is 2.31. The van der Waals surface area contributed by atoms with Crippen LogP contribution in [-0.2, 0) is 0 Å². The van der Waals surface area contributed by atoms with Crippen molar-refractivity contribution in [2.45, 2.75) is 51.5 Å². The molecule has 5 heteroatoms. The minimum absolute atomic E-state index is 0.205. The minimum atomic E-state index is 0.205. The molecule has 2 aromatic rings. The second-order valence-corrected chi connectivity index (χ2v) is 6.73. The van der Waals surface area contributed by atoms with Gasteiger partial charge in [-0.2, -0.15) is 4.98 Å². The molecule has 0 saturated carbocycles. The van der Waals surface area contributed by atoms with Gasteiger partial charge in [-0.3, -0.25) is 9.69 Å². The second kappa shape index (κ2) is 7.71. The fourth-order valence-corrected chi connectivity index (χ4v) is 3.20. The summed E-state index contributed by atoms with van der Waals surface area (Å²) in [6, 6.07) is 9.72. The van der Waals surface area contributed by atoms with Crippen molar-refractivity contribution >= 4 is 5.78 Å². The number of hydrogen-bond donors (Lipinski definition) is 0. The van der Waals surface area contributed by atoms with Crippen molar-refractivity contribution < 1.29 is 9.32 Å². The quantitative estimate of drug-likeness (QED) is 0.720. The Labute approximate surface area is 143 Å². The van der Waals surface area contributed by atoms with E-state index < -0.39 is 0 Å². The molecular formula is C19H25N3O2. The number of nitrogens with zero attached hydrogens (tertiary/aromatic N) is 3. The van der Waals surface area contributed by atoms with Crippen molar-refractivity contribution in [3.8, 4) is 0 Å². The highest BCUT2D eigenvalue weighted by Gasteiger charge is 2.30. The van der Waals surface area contributed by atoms with E-state index in [1.54, 1.807) is 0 Å². The molecule has 0 radical (unpaired) electrons. The number of ketones is 1. The highest BCUT2D eigenvalue weighted by atomic mass is 16.5. The summed E-state index contributed by atoms with van der Waals surface area (Å²) in [5.74, 6) is 1.99. The van der Waals surface area contributed by atoms with Crippen LogP contribution in [0.15, 0.2) is 34.9 Å². The Morgan fingerprint density at radius 1 is 1.33 bits per heavy atom. The smallest absolute Gasteiger partial charge is 0.244 e. The van der Waals surface area contributed by atoms with Crippen LogP contribution in [0.3, 0.4) is 0 Å². The van der Waals surface area contributed by atoms with Gasteiger partial charge in [-0.05, 0) is 32.4 Å². The van der Waals surface area contributed by atoms with E-state index in [-0.39, 0.29) is 17.7 Å². The molecule has 0 aliphatic carbocycles. The van der Waals surface area contributed by atoms with Crippen LogP contribution in [0.2, 0.25) is 0 Å². The number of rotatable bonds is 7. The molecule has 0 unspecified atom stereocenters. The van der Waals surface area contributed by atoms with Crippen molar-refractivity contribution in [3.05, 3.63) is 47.6 Å². The summed E-state index contributed by atoms with van der Waals surface area (Å²) in [5.41, 5.74) is 0.800. The molecule has 1 saturated heterocycles. The number of benzene rings is 1. The molecule has 128 valence electrons. The lowest BCUT2D eigenvalue weighted by atomic mass is 10.1. The Bertz CT molecular complexity index is 666. The zero-order chi connectivity index (χ0) is 16.9. The lowest BCUT2D eigenvalue weighted by molar-refractivity contribution is 0.0972. The van der Waals surface area contributed by atoms with Gasteiger partial charge in [-0.25, -0.2) is 0 Å². The monoisotopic (exact) mass is 327 g/mol. The summed E-state index contributed by atoms with van der Waals surface area (Å²) in [4.78, 5) is 19.1. The SMILES string of the molecule is CC(C)c1noc([C@@H]2CCCN2CCCC(=O)c2ccccc2)n1. The van der Waals surface area contributed by atoms with E-state index in [0.717, 1.165) is 49.6 Å². The molecule has 1 aromatic carbocycles. The van der Waals surface area contributed by atoms with Crippen LogP contribution in [-0.4, -0.2) is 33.9 Å². The number of aromatic nitrogens is 2. The molecule has 1 fully saturated rings. The van der Waals surface area contributed by atoms with E-state index in [4.69, 9.17) is 4.52 Å². The zero-order valence-corrected chi connectivity index (χ0v) is 14.4. The van der Waals surface area contributed by atoms with Crippen molar-refractivity contribution in [1.82, 2.24) is 15.0 Å².